The Labute approximate surface area is 177 Å². The molecule has 1 aromatic carbocycles. The number of H-pyrrole nitrogens is 1. The minimum Gasteiger partial charge on any atom is -0.497 e. The van der Waals surface area contributed by atoms with Gasteiger partial charge in [-0.25, -0.2) is 4.79 Å². The van der Waals surface area contributed by atoms with Gasteiger partial charge in [-0.05, 0) is 46.5 Å². The molecule has 3 N–H and O–H groups in total. The Morgan fingerprint density at radius 2 is 2.03 bits per heavy atom. The van der Waals surface area contributed by atoms with Crippen molar-refractivity contribution in [3.8, 4) is 5.75 Å². The van der Waals surface area contributed by atoms with Gasteiger partial charge in [-0.3, -0.25) is 19.1 Å². The van der Waals surface area contributed by atoms with Crippen LogP contribution in [0.25, 0.3) is 0 Å². The normalized spacial score (nSPS) is 11.0. The number of methoxy groups -OCH3 is 1. The maximum absolute atomic E-state index is 13.4. The predicted octanol–water partition coefficient (Wildman–Crippen LogP) is 2.99. The highest BCUT2D eigenvalue weighted by atomic mass is 79.9. The lowest BCUT2D eigenvalue weighted by molar-refractivity contribution is 0.0985. The van der Waals surface area contributed by atoms with E-state index in [9.17, 15) is 14.4 Å². The minimum atomic E-state index is -0.684. The highest BCUT2D eigenvalue weighted by Gasteiger charge is 2.26. The summed E-state index contributed by atoms with van der Waals surface area (Å²) < 4.78 is 7.09. The minimum absolute atomic E-state index is 0.0154. The molecule has 0 spiro atoms. The van der Waals surface area contributed by atoms with Crippen LogP contribution in [0.4, 0.5) is 11.5 Å². The Balaban J connectivity index is 2.66. The van der Waals surface area contributed by atoms with E-state index in [-0.39, 0.29) is 24.0 Å². The van der Waals surface area contributed by atoms with E-state index in [1.165, 1.54) is 16.6 Å². The fourth-order valence-electron chi connectivity index (χ4n) is 2.96. The SMILES string of the molecule is CCCCN(C(=O)c1cc(OC)ccc1Br)c1c(N)n(CC(C)C)c(=O)[nH]c1=O. The molecule has 0 aliphatic rings. The van der Waals surface area contributed by atoms with Gasteiger partial charge in [-0.1, -0.05) is 27.2 Å². The second-order valence-electron chi connectivity index (χ2n) is 7.15. The number of hydrogen-bond acceptors (Lipinski definition) is 5. The molecule has 0 fully saturated rings. The smallest absolute Gasteiger partial charge is 0.330 e. The number of halogens is 1. The number of nitrogens with two attached hydrogens (primary N) is 1. The molecule has 158 valence electrons. The number of rotatable bonds is 8. The van der Waals surface area contributed by atoms with Crippen molar-refractivity contribution < 1.29 is 9.53 Å². The van der Waals surface area contributed by atoms with Gasteiger partial charge in [0.05, 0.1) is 12.7 Å². The molecule has 2 rings (SSSR count). The lowest BCUT2D eigenvalue weighted by Gasteiger charge is -2.25. The van der Waals surface area contributed by atoms with Crippen LogP contribution in [0.1, 0.15) is 44.0 Å². The molecule has 29 heavy (non-hydrogen) atoms. The van der Waals surface area contributed by atoms with Crippen LogP contribution >= 0.6 is 15.9 Å². The number of ether oxygens (including phenoxy) is 1. The highest BCUT2D eigenvalue weighted by molar-refractivity contribution is 9.10. The summed E-state index contributed by atoms with van der Waals surface area (Å²) in [4.78, 5) is 42.0. The summed E-state index contributed by atoms with van der Waals surface area (Å²) in [5.74, 6) is 0.215. The standard InChI is InChI=1S/C20H27BrN4O4/c1-5-6-9-24(19(27)14-10-13(29-4)7-8-15(14)21)16-17(22)25(11-12(2)3)20(28)23-18(16)26/h7-8,10,12H,5-6,9,11,22H2,1-4H3,(H,23,26,28). The van der Waals surface area contributed by atoms with E-state index in [2.05, 4.69) is 20.9 Å². The monoisotopic (exact) mass is 466 g/mol. The summed E-state index contributed by atoms with van der Waals surface area (Å²) in [6.07, 6.45) is 1.47. The Kier molecular flexibility index (Phi) is 7.66. The number of amides is 1. The maximum atomic E-state index is 13.4. The molecule has 0 bridgehead atoms. The van der Waals surface area contributed by atoms with Crippen molar-refractivity contribution in [1.82, 2.24) is 9.55 Å². The van der Waals surface area contributed by atoms with Crippen LogP contribution in [0.2, 0.25) is 0 Å². The van der Waals surface area contributed by atoms with Gasteiger partial charge in [0, 0.05) is 17.6 Å². The zero-order valence-electron chi connectivity index (χ0n) is 17.1. The average molecular weight is 467 g/mol. The van der Waals surface area contributed by atoms with Crippen molar-refractivity contribution in [1.29, 1.82) is 0 Å². The third-order valence-corrected chi connectivity index (χ3v) is 5.11. The molecular formula is C20H27BrN4O4. The molecule has 0 saturated heterocycles. The van der Waals surface area contributed by atoms with E-state index < -0.39 is 17.2 Å². The molecular weight excluding hydrogens is 440 g/mol. The van der Waals surface area contributed by atoms with Crippen LogP contribution in [-0.4, -0.2) is 29.1 Å². The van der Waals surface area contributed by atoms with Crippen molar-refractivity contribution >= 4 is 33.3 Å². The van der Waals surface area contributed by atoms with Crippen LogP contribution < -0.4 is 26.6 Å². The van der Waals surface area contributed by atoms with Crippen molar-refractivity contribution in [2.45, 2.75) is 40.2 Å². The number of unbranched alkanes of at least 4 members (excludes halogenated alkanes) is 1. The number of nitrogen functional groups attached to an aromatic ring is 1. The molecule has 9 heteroatoms. The summed E-state index contributed by atoms with van der Waals surface area (Å²) >= 11 is 3.39. The van der Waals surface area contributed by atoms with Crippen molar-refractivity contribution in [2.24, 2.45) is 5.92 Å². The Bertz CT molecular complexity index is 997. The van der Waals surface area contributed by atoms with Crippen molar-refractivity contribution in [3.63, 3.8) is 0 Å². The molecule has 0 unspecified atom stereocenters. The average Bonchev–Trinajstić information content (AvgIpc) is 2.67. The van der Waals surface area contributed by atoms with E-state index in [1.807, 2.05) is 20.8 Å². The first-order chi connectivity index (χ1) is 13.7. The number of benzene rings is 1. The maximum Gasteiger partial charge on any atom is 0.330 e. The topological polar surface area (TPSA) is 110 Å². The largest absolute Gasteiger partial charge is 0.497 e. The van der Waals surface area contributed by atoms with Gasteiger partial charge >= 0.3 is 5.69 Å². The van der Waals surface area contributed by atoms with Crippen LogP contribution in [0.15, 0.2) is 32.3 Å². The molecule has 1 heterocycles. The summed E-state index contributed by atoms with van der Waals surface area (Å²) in [6.45, 7) is 6.46. The van der Waals surface area contributed by atoms with Gasteiger partial charge < -0.3 is 15.4 Å². The van der Waals surface area contributed by atoms with E-state index in [0.29, 0.717) is 28.8 Å². The van der Waals surface area contributed by atoms with Gasteiger partial charge in [-0.2, -0.15) is 0 Å². The van der Waals surface area contributed by atoms with Crippen molar-refractivity contribution in [2.75, 3.05) is 24.3 Å². The second kappa shape index (κ2) is 9.78. The summed E-state index contributed by atoms with van der Waals surface area (Å²) in [6, 6.07) is 5.03. The van der Waals surface area contributed by atoms with E-state index in [4.69, 9.17) is 10.5 Å². The number of hydrogen-bond donors (Lipinski definition) is 2. The first-order valence-corrected chi connectivity index (χ1v) is 10.3. The second-order valence-corrected chi connectivity index (χ2v) is 8.01. The fourth-order valence-corrected chi connectivity index (χ4v) is 3.37. The number of carbonyl (C=O) groups is 1. The van der Waals surface area contributed by atoms with Gasteiger partial charge in [0.15, 0.2) is 5.69 Å². The zero-order valence-corrected chi connectivity index (χ0v) is 18.7. The number of carbonyl (C=O) groups excluding carboxylic acids is 1. The van der Waals surface area contributed by atoms with E-state index in [0.717, 1.165) is 6.42 Å². The molecule has 1 amide bonds. The Hall–Kier alpha value is -2.55. The quantitative estimate of drug-likeness (QED) is 0.620. The van der Waals surface area contributed by atoms with Crippen LogP contribution in [0.5, 0.6) is 5.75 Å². The molecule has 0 saturated carbocycles. The number of aromatic nitrogens is 2. The molecule has 0 aliphatic carbocycles. The number of anilines is 2. The van der Waals surface area contributed by atoms with Gasteiger partial charge in [0.25, 0.3) is 11.5 Å². The molecule has 2 aromatic rings. The number of aromatic amines is 1. The van der Waals surface area contributed by atoms with E-state index in [1.54, 1.807) is 18.2 Å². The Morgan fingerprint density at radius 1 is 1.34 bits per heavy atom. The predicted molar refractivity (Wildman–Crippen MR) is 118 cm³/mol. The first kappa shape index (κ1) is 22.7. The Morgan fingerprint density at radius 3 is 2.62 bits per heavy atom. The third-order valence-electron chi connectivity index (χ3n) is 4.42. The van der Waals surface area contributed by atoms with Crippen molar-refractivity contribution in [3.05, 3.63) is 49.1 Å². The van der Waals surface area contributed by atoms with Gasteiger partial charge in [0.2, 0.25) is 0 Å². The third kappa shape index (κ3) is 5.09. The summed E-state index contributed by atoms with van der Waals surface area (Å²) in [7, 11) is 1.51. The first-order valence-electron chi connectivity index (χ1n) is 9.49. The number of nitrogens with one attached hydrogen (secondary N) is 1. The zero-order chi connectivity index (χ0) is 21.7. The van der Waals surface area contributed by atoms with Gasteiger partial charge in [-0.15, -0.1) is 0 Å². The number of nitrogens with zero attached hydrogens (tertiary/aromatic N) is 2. The van der Waals surface area contributed by atoms with Gasteiger partial charge in [0.1, 0.15) is 11.6 Å². The fraction of sp³-hybridized carbons (Fsp3) is 0.450. The summed E-state index contributed by atoms with van der Waals surface area (Å²) in [5, 5.41) is 0. The summed E-state index contributed by atoms with van der Waals surface area (Å²) in [5.41, 5.74) is 5.28. The van der Waals surface area contributed by atoms with E-state index >= 15 is 0 Å². The molecule has 0 aliphatic heterocycles. The van der Waals surface area contributed by atoms with Crippen LogP contribution in [-0.2, 0) is 6.54 Å². The molecule has 8 nitrogen and oxygen atoms in total. The van der Waals surface area contributed by atoms with Crippen LogP contribution in [0, 0.1) is 5.92 Å². The highest BCUT2D eigenvalue weighted by Crippen LogP contribution is 2.27. The molecule has 1 aromatic heterocycles. The molecule has 0 radical (unpaired) electrons. The van der Waals surface area contributed by atoms with Crippen LogP contribution in [0.3, 0.4) is 0 Å². The lowest BCUT2D eigenvalue weighted by Crippen LogP contribution is -2.42. The molecule has 0 atom stereocenters. The lowest BCUT2D eigenvalue weighted by atomic mass is 10.1.